The molecule has 21 heavy (non-hydrogen) atoms. The van der Waals surface area contributed by atoms with E-state index < -0.39 is 0 Å². The fraction of sp³-hybridized carbons (Fsp3) is 0.562. The number of hydrogen-bond acceptors (Lipinski definition) is 4. The monoisotopic (exact) mass is 288 g/mol. The predicted molar refractivity (Wildman–Crippen MR) is 77.9 cm³/mol. The van der Waals surface area contributed by atoms with Gasteiger partial charge in [0.15, 0.2) is 11.5 Å². The molecule has 1 N–H and O–H groups in total. The van der Waals surface area contributed by atoms with Crippen LogP contribution in [0.1, 0.15) is 23.2 Å². The third-order valence-corrected chi connectivity index (χ3v) is 4.61. The molecule has 0 spiro atoms. The van der Waals surface area contributed by atoms with Crippen LogP contribution in [-0.4, -0.2) is 49.7 Å². The highest BCUT2D eigenvalue weighted by molar-refractivity contribution is 5.95. The predicted octanol–water partition coefficient (Wildman–Crippen LogP) is 1.28. The maximum absolute atomic E-state index is 12.4. The lowest BCUT2D eigenvalue weighted by molar-refractivity contribution is 0.0908. The van der Waals surface area contributed by atoms with Crippen LogP contribution in [0.15, 0.2) is 18.2 Å². The van der Waals surface area contributed by atoms with Gasteiger partial charge in [-0.25, -0.2) is 0 Å². The van der Waals surface area contributed by atoms with Crippen molar-refractivity contribution >= 4 is 5.91 Å². The molecule has 1 amide bonds. The lowest BCUT2D eigenvalue weighted by Gasteiger charge is -2.30. The Bertz CT molecular complexity index is 548. The molecule has 2 bridgehead atoms. The van der Waals surface area contributed by atoms with Crippen molar-refractivity contribution in [2.24, 2.45) is 5.92 Å². The van der Waals surface area contributed by atoms with Crippen molar-refractivity contribution in [3.63, 3.8) is 0 Å². The van der Waals surface area contributed by atoms with E-state index in [1.54, 1.807) is 12.1 Å². The van der Waals surface area contributed by atoms with E-state index in [0.29, 0.717) is 24.5 Å². The minimum Gasteiger partial charge on any atom is -0.486 e. The Kier molecular flexibility index (Phi) is 3.22. The largest absolute Gasteiger partial charge is 0.486 e. The summed E-state index contributed by atoms with van der Waals surface area (Å²) in [4.78, 5) is 14.9. The van der Waals surface area contributed by atoms with Crippen molar-refractivity contribution in [3.05, 3.63) is 23.8 Å². The molecule has 0 radical (unpaired) electrons. The van der Waals surface area contributed by atoms with Crippen molar-refractivity contribution in [1.82, 2.24) is 10.2 Å². The summed E-state index contributed by atoms with van der Waals surface area (Å²) in [7, 11) is 0. The van der Waals surface area contributed by atoms with Gasteiger partial charge >= 0.3 is 0 Å². The molecule has 2 saturated heterocycles. The first kappa shape index (κ1) is 13.0. The highest BCUT2D eigenvalue weighted by Gasteiger charge is 2.33. The summed E-state index contributed by atoms with van der Waals surface area (Å²) in [5.41, 5.74) is 0.646. The molecule has 1 aromatic carbocycles. The van der Waals surface area contributed by atoms with Crippen LogP contribution in [0.3, 0.4) is 0 Å². The maximum Gasteiger partial charge on any atom is 0.251 e. The van der Waals surface area contributed by atoms with E-state index in [0.717, 1.165) is 24.6 Å². The van der Waals surface area contributed by atoms with Crippen LogP contribution in [0.5, 0.6) is 11.5 Å². The number of amides is 1. The number of piperidine rings is 1. The Morgan fingerprint density at radius 1 is 1.19 bits per heavy atom. The van der Waals surface area contributed by atoms with Gasteiger partial charge in [0.2, 0.25) is 0 Å². The third-order valence-electron chi connectivity index (χ3n) is 4.61. The average molecular weight is 288 g/mol. The van der Waals surface area contributed by atoms with E-state index in [9.17, 15) is 4.79 Å². The zero-order valence-electron chi connectivity index (χ0n) is 12.0. The molecule has 4 rings (SSSR count). The molecule has 3 heterocycles. The molecule has 0 aromatic heterocycles. The summed E-state index contributed by atoms with van der Waals surface area (Å²) in [6, 6.07) is 5.67. The van der Waals surface area contributed by atoms with Crippen molar-refractivity contribution in [3.8, 4) is 11.5 Å². The fourth-order valence-corrected chi connectivity index (χ4v) is 3.62. The summed E-state index contributed by atoms with van der Waals surface area (Å²) in [5.74, 6) is 2.13. The molecule has 3 aliphatic heterocycles. The smallest absolute Gasteiger partial charge is 0.251 e. The van der Waals surface area contributed by atoms with Gasteiger partial charge in [-0.2, -0.15) is 0 Å². The van der Waals surface area contributed by atoms with Gasteiger partial charge < -0.3 is 19.7 Å². The second-order valence-electron chi connectivity index (χ2n) is 6.18. The molecule has 0 aliphatic carbocycles. The Morgan fingerprint density at radius 3 is 2.90 bits per heavy atom. The number of carbonyl (C=O) groups is 1. The quantitative estimate of drug-likeness (QED) is 0.891. The summed E-state index contributed by atoms with van der Waals surface area (Å²) in [6.07, 6.45) is 2.38. The molecule has 112 valence electrons. The van der Waals surface area contributed by atoms with E-state index in [1.165, 1.54) is 19.5 Å². The van der Waals surface area contributed by atoms with Crippen molar-refractivity contribution < 1.29 is 14.3 Å². The van der Waals surface area contributed by atoms with Crippen LogP contribution in [0.25, 0.3) is 0 Å². The van der Waals surface area contributed by atoms with Gasteiger partial charge in [-0.3, -0.25) is 4.79 Å². The van der Waals surface area contributed by atoms with Gasteiger partial charge in [-0.1, -0.05) is 0 Å². The summed E-state index contributed by atoms with van der Waals surface area (Å²) < 4.78 is 11.0. The number of fused-ring (bicyclic) bond motifs is 3. The molecule has 1 aromatic rings. The Morgan fingerprint density at radius 2 is 2.05 bits per heavy atom. The number of ether oxygens (including phenoxy) is 2. The lowest BCUT2D eigenvalue weighted by atomic mass is 9.96. The van der Waals surface area contributed by atoms with Gasteiger partial charge in [-0.05, 0) is 43.5 Å². The SMILES string of the molecule is O=C(N[C@@H]1C[C@@H]2CCN(C2)C1)c1ccc2c(c1)OCCO2. The van der Waals surface area contributed by atoms with Crippen LogP contribution < -0.4 is 14.8 Å². The van der Waals surface area contributed by atoms with Gasteiger partial charge in [0.25, 0.3) is 5.91 Å². The minimum absolute atomic E-state index is 0.0144. The first-order valence-electron chi connectivity index (χ1n) is 7.71. The molecule has 0 saturated carbocycles. The highest BCUT2D eigenvalue weighted by Crippen LogP contribution is 2.31. The first-order valence-corrected chi connectivity index (χ1v) is 7.71. The van der Waals surface area contributed by atoms with Crippen LogP contribution in [0.2, 0.25) is 0 Å². The van der Waals surface area contributed by atoms with Crippen molar-refractivity contribution in [2.75, 3.05) is 32.8 Å². The summed E-state index contributed by atoms with van der Waals surface area (Å²) in [5, 5.41) is 3.17. The molecular weight excluding hydrogens is 268 g/mol. The van der Waals surface area contributed by atoms with Crippen LogP contribution in [0, 0.1) is 5.92 Å². The standard InChI is InChI=1S/C16H20N2O3/c19-16(17-13-7-11-3-4-18(9-11)10-13)12-1-2-14-15(8-12)21-6-5-20-14/h1-2,8,11,13H,3-7,9-10H2,(H,17,19)/t11-,13+/m0/s1. The van der Waals surface area contributed by atoms with Gasteiger partial charge in [0, 0.05) is 24.7 Å². The number of carbonyl (C=O) groups excluding carboxylic acids is 1. The second kappa shape index (κ2) is 5.22. The molecule has 1 unspecified atom stereocenters. The number of rotatable bonds is 2. The van der Waals surface area contributed by atoms with E-state index >= 15 is 0 Å². The Hall–Kier alpha value is -1.75. The average Bonchev–Trinajstić information content (AvgIpc) is 2.85. The zero-order chi connectivity index (χ0) is 14.2. The second-order valence-corrected chi connectivity index (χ2v) is 6.18. The van der Waals surface area contributed by atoms with Crippen molar-refractivity contribution in [2.45, 2.75) is 18.9 Å². The normalized spacial score (nSPS) is 30.0. The fourth-order valence-electron chi connectivity index (χ4n) is 3.62. The van der Waals surface area contributed by atoms with Crippen molar-refractivity contribution in [1.29, 1.82) is 0 Å². The first-order chi connectivity index (χ1) is 10.3. The molecule has 3 atom stereocenters. The molecular formula is C16H20N2O3. The van der Waals surface area contributed by atoms with E-state index in [1.807, 2.05) is 6.07 Å². The molecule has 3 aliphatic rings. The van der Waals surface area contributed by atoms with Gasteiger partial charge in [0.05, 0.1) is 0 Å². The number of nitrogens with one attached hydrogen (secondary N) is 1. The van der Waals surface area contributed by atoms with Crippen LogP contribution in [-0.2, 0) is 0 Å². The van der Waals surface area contributed by atoms with E-state index in [2.05, 4.69) is 10.2 Å². The maximum atomic E-state index is 12.4. The third kappa shape index (κ3) is 2.58. The number of hydrogen-bond donors (Lipinski definition) is 1. The number of nitrogens with zero attached hydrogens (tertiary/aromatic N) is 1. The Balaban J connectivity index is 1.45. The van der Waals surface area contributed by atoms with E-state index in [-0.39, 0.29) is 11.9 Å². The summed E-state index contributed by atoms with van der Waals surface area (Å²) in [6.45, 7) is 4.47. The van der Waals surface area contributed by atoms with E-state index in [4.69, 9.17) is 9.47 Å². The van der Waals surface area contributed by atoms with Gasteiger partial charge in [-0.15, -0.1) is 0 Å². The molecule has 5 nitrogen and oxygen atoms in total. The Labute approximate surface area is 124 Å². The summed E-state index contributed by atoms with van der Waals surface area (Å²) >= 11 is 0. The van der Waals surface area contributed by atoms with Gasteiger partial charge in [0.1, 0.15) is 13.2 Å². The molecule has 2 fully saturated rings. The molecule has 5 heteroatoms. The topological polar surface area (TPSA) is 50.8 Å². The lowest BCUT2D eigenvalue weighted by Crippen LogP contribution is -2.47. The number of benzene rings is 1. The van der Waals surface area contributed by atoms with Crippen LogP contribution >= 0.6 is 0 Å². The minimum atomic E-state index is -0.0144. The van der Waals surface area contributed by atoms with Crippen LogP contribution in [0.4, 0.5) is 0 Å². The zero-order valence-corrected chi connectivity index (χ0v) is 12.0. The highest BCUT2D eigenvalue weighted by atomic mass is 16.6.